The fourth-order valence-electron chi connectivity index (χ4n) is 3.44. The summed E-state index contributed by atoms with van der Waals surface area (Å²) in [5.41, 5.74) is 4.33. The number of pyridine rings is 1. The van der Waals surface area contributed by atoms with Crippen LogP contribution in [-0.2, 0) is 18.3 Å². The molecular weight excluding hydrogens is 316 g/mol. The highest BCUT2D eigenvalue weighted by molar-refractivity contribution is 5.76. The first-order valence-corrected chi connectivity index (χ1v) is 8.90. The van der Waals surface area contributed by atoms with Crippen LogP contribution in [0.4, 0.5) is 0 Å². The number of hydrogen-bond acceptors (Lipinski definition) is 3. The number of likely N-dealkylation sites (tertiary alicyclic amines) is 1. The Morgan fingerprint density at radius 2 is 2.04 bits per heavy atom. The van der Waals surface area contributed by atoms with Gasteiger partial charge in [-0.3, -0.25) is 14.7 Å². The molecule has 1 aliphatic heterocycles. The third kappa shape index (κ3) is 3.83. The van der Waals surface area contributed by atoms with Gasteiger partial charge in [-0.25, -0.2) is 0 Å². The van der Waals surface area contributed by atoms with Crippen molar-refractivity contribution in [2.24, 2.45) is 7.05 Å². The molecule has 3 rings (SSSR count). The number of amides is 1. The number of nitrogens with zero attached hydrogens (tertiary/aromatic N) is 3. The maximum atomic E-state index is 12.5. The quantitative estimate of drug-likeness (QED) is 0.924. The van der Waals surface area contributed by atoms with Crippen molar-refractivity contribution in [1.29, 1.82) is 0 Å². The summed E-state index contributed by atoms with van der Waals surface area (Å²) in [5.74, 6) is 0.566. The molecule has 25 heavy (non-hydrogen) atoms. The number of carbonyl (C=O) groups is 1. The third-order valence-electron chi connectivity index (χ3n) is 5.38. The van der Waals surface area contributed by atoms with Crippen LogP contribution in [0.3, 0.4) is 0 Å². The van der Waals surface area contributed by atoms with E-state index in [9.17, 15) is 9.59 Å². The number of aromatic nitrogens is 3. The molecule has 3 heterocycles. The average Bonchev–Trinajstić information content (AvgIpc) is 2.94. The summed E-state index contributed by atoms with van der Waals surface area (Å²) < 4.78 is 1.58. The molecule has 0 saturated carbocycles. The van der Waals surface area contributed by atoms with E-state index in [-0.39, 0.29) is 11.5 Å². The van der Waals surface area contributed by atoms with Crippen molar-refractivity contribution in [2.45, 2.75) is 45.4 Å². The van der Waals surface area contributed by atoms with Crippen molar-refractivity contribution in [2.75, 3.05) is 13.1 Å². The summed E-state index contributed by atoms with van der Waals surface area (Å²) in [6.45, 7) is 5.55. The minimum absolute atomic E-state index is 0.0284. The Morgan fingerprint density at radius 3 is 2.64 bits per heavy atom. The van der Waals surface area contributed by atoms with E-state index in [2.05, 4.69) is 10.2 Å². The van der Waals surface area contributed by atoms with Gasteiger partial charge in [-0.1, -0.05) is 0 Å². The van der Waals surface area contributed by atoms with E-state index >= 15 is 0 Å². The van der Waals surface area contributed by atoms with E-state index in [1.807, 2.05) is 31.0 Å². The van der Waals surface area contributed by atoms with Gasteiger partial charge >= 0.3 is 0 Å². The number of piperidine rings is 1. The molecule has 1 amide bonds. The van der Waals surface area contributed by atoms with Gasteiger partial charge in [0.25, 0.3) is 5.56 Å². The first kappa shape index (κ1) is 17.5. The summed E-state index contributed by atoms with van der Waals surface area (Å²) in [6, 6.07) is 3.75. The Morgan fingerprint density at radius 1 is 1.32 bits per heavy atom. The Bertz CT molecular complexity index is 813. The maximum absolute atomic E-state index is 12.5. The fraction of sp³-hybridized carbons (Fsp3) is 0.526. The topological polar surface area (TPSA) is 71.0 Å². The minimum Gasteiger partial charge on any atom is -0.343 e. The molecule has 6 heteroatoms. The second-order valence-corrected chi connectivity index (χ2v) is 6.98. The smallest absolute Gasteiger partial charge is 0.250 e. The molecule has 2 aromatic rings. The summed E-state index contributed by atoms with van der Waals surface area (Å²) >= 11 is 0. The highest BCUT2D eigenvalue weighted by atomic mass is 16.2. The van der Waals surface area contributed by atoms with E-state index in [1.165, 1.54) is 0 Å². The van der Waals surface area contributed by atoms with Crippen LogP contribution in [0.25, 0.3) is 0 Å². The van der Waals surface area contributed by atoms with Crippen LogP contribution in [0.1, 0.15) is 47.7 Å². The molecule has 0 aliphatic carbocycles. The van der Waals surface area contributed by atoms with Crippen LogP contribution in [0.2, 0.25) is 0 Å². The summed E-state index contributed by atoms with van der Waals surface area (Å²) in [4.78, 5) is 26.2. The Balaban J connectivity index is 1.53. The second kappa shape index (κ2) is 7.25. The number of hydrogen-bond donors (Lipinski definition) is 1. The lowest BCUT2D eigenvalue weighted by atomic mass is 9.90. The zero-order valence-corrected chi connectivity index (χ0v) is 15.2. The average molecular weight is 342 g/mol. The lowest BCUT2D eigenvalue weighted by Crippen LogP contribution is -2.38. The van der Waals surface area contributed by atoms with E-state index in [0.717, 1.165) is 48.4 Å². The zero-order valence-electron chi connectivity index (χ0n) is 15.2. The summed E-state index contributed by atoms with van der Waals surface area (Å²) in [7, 11) is 1.76. The number of aromatic amines is 1. The minimum atomic E-state index is 0.0284. The molecule has 1 N–H and O–H groups in total. The molecule has 1 fully saturated rings. The van der Waals surface area contributed by atoms with E-state index in [1.54, 1.807) is 17.7 Å². The van der Waals surface area contributed by atoms with Gasteiger partial charge in [-0.2, -0.15) is 5.10 Å². The van der Waals surface area contributed by atoms with Gasteiger partial charge in [0.1, 0.15) is 0 Å². The maximum Gasteiger partial charge on any atom is 0.250 e. The Hall–Kier alpha value is -2.37. The number of H-pyrrole nitrogens is 1. The molecule has 0 radical (unpaired) electrons. The molecule has 2 aromatic heterocycles. The fourth-order valence-corrected chi connectivity index (χ4v) is 3.44. The van der Waals surface area contributed by atoms with E-state index in [0.29, 0.717) is 18.8 Å². The lowest BCUT2D eigenvalue weighted by molar-refractivity contribution is -0.132. The van der Waals surface area contributed by atoms with Gasteiger partial charge < -0.3 is 9.47 Å². The SMILES string of the molecule is Cc1[nH]nc(CCC(=O)N2CCC(c3ccn(C)c(=O)c3)CC2)c1C. The monoisotopic (exact) mass is 342 g/mol. The van der Waals surface area contributed by atoms with Crippen molar-refractivity contribution in [3.63, 3.8) is 0 Å². The molecule has 1 saturated heterocycles. The zero-order chi connectivity index (χ0) is 18.0. The number of nitrogens with one attached hydrogen (secondary N) is 1. The van der Waals surface area contributed by atoms with Crippen LogP contribution in [-0.4, -0.2) is 38.7 Å². The van der Waals surface area contributed by atoms with Crippen LogP contribution in [0.5, 0.6) is 0 Å². The van der Waals surface area contributed by atoms with Crippen LogP contribution >= 0.6 is 0 Å². The number of aryl methyl sites for hydroxylation is 3. The predicted octanol–water partition coefficient (Wildman–Crippen LogP) is 2.06. The van der Waals surface area contributed by atoms with Gasteiger partial charge in [-0.05, 0) is 49.8 Å². The molecule has 0 spiro atoms. The number of rotatable bonds is 4. The number of carbonyl (C=O) groups excluding carboxylic acids is 1. The normalized spacial score (nSPS) is 15.6. The molecule has 6 nitrogen and oxygen atoms in total. The van der Waals surface area contributed by atoms with Gasteiger partial charge in [0.2, 0.25) is 5.91 Å². The highest BCUT2D eigenvalue weighted by Gasteiger charge is 2.24. The van der Waals surface area contributed by atoms with Crippen molar-refractivity contribution in [3.05, 3.63) is 51.2 Å². The molecule has 0 atom stereocenters. The van der Waals surface area contributed by atoms with E-state index in [4.69, 9.17) is 0 Å². The first-order chi connectivity index (χ1) is 12.0. The predicted molar refractivity (Wildman–Crippen MR) is 96.6 cm³/mol. The van der Waals surface area contributed by atoms with Crippen LogP contribution < -0.4 is 5.56 Å². The molecule has 1 aliphatic rings. The molecule has 134 valence electrons. The molecule has 0 aromatic carbocycles. The Labute approximate surface area is 147 Å². The standard InChI is InChI=1S/C19H26N4O2/c1-13-14(2)20-21-17(13)4-5-18(24)23-10-7-15(8-11-23)16-6-9-22(3)19(25)12-16/h6,9,12,15H,4-5,7-8,10-11H2,1-3H3,(H,20,21). The van der Waals surface area contributed by atoms with Gasteiger partial charge in [0, 0.05) is 50.9 Å². The van der Waals surface area contributed by atoms with E-state index < -0.39 is 0 Å². The molecule has 0 unspecified atom stereocenters. The van der Waals surface area contributed by atoms with Crippen LogP contribution in [0.15, 0.2) is 23.1 Å². The van der Waals surface area contributed by atoms with Crippen molar-refractivity contribution < 1.29 is 4.79 Å². The third-order valence-corrected chi connectivity index (χ3v) is 5.38. The highest BCUT2D eigenvalue weighted by Crippen LogP contribution is 2.27. The lowest BCUT2D eigenvalue weighted by Gasteiger charge is -2.32. The second-order valence-electron chi connectivity index (χ2n) is 6.98. The summed E-state index contributed by atoms with van der Waals surface area (Å²) in [5, 5.41) is 7.24. The largest absolute Gasteiger partial charge is 0.343 e. The van der Waals surface area contributed by atoms with Gasteiger partial charge in [0.15, 0.2) is 0 Å². The van der Waals surface area contributed by atoms with Gasteiger partial charge in [-0.15, -0.1) is 0 Å². The van der Waals surface area contributed by atoms with Crippen molar-refractivity contribution in [1.82, 2.24) is 19.7 Å². The Kier molecular flexibility index (Phi) is 5.06. The molecular formula is C19H26N4O2. The molecule has 0 bridgehead atoms. The van der Waals surface area contributed by atoms with Crippen molar-refractivity contribution >= 4 is 5.91 Å². The first-order valence-electron chi connectivity index (χ1n) is 8.90. The van der Waals surface area contributed by atoms with Crippen LogP contribution in [0, 0.1) is 13.8 Å². The summed E-state index contributed by atoms with van der Waals surface area (Å²) in [6.07, 6.45) is 4.84. The van der Waals surface area contributed by atoms with Crippen molar-refractivity contribution in [3.8, 4) is 0 Å². The van der Waals surface area contributed by atoms with Gasteiger partial charge in [0.05, 0.1) is 5.69 Å².